The van der Waals surface area contributed by atoms with E-state index in [1.54, 1.807) is 0 Å². The van der Waals surface area contributed by atoms with E-state index in [-0.39, 0.29) is 0 Å². The van der Waals surface area contributed by atoms with Crippen molar-refractivity contribution in [3.8, 4) is 0 Å². The highest BCUT2D eigenvalue weighted by Gasteiger charge is 2.41. The molecule has 1 saturated carbocycles. The second-order valence-electron chi connectivity index (χ2n) is 5.14. The van der Waals surface area contributed by atoms with Crippen molar-refractivity contribution < 1.29 is 0 Å². The topological polar surface area (TPSA) is 37.8 Å². The van der Waals surface area contributed by atoms with Gasteiger partial charge in [-0.15, -0.1) is 0 Å². The largest absolute Gasteiger partial charge is 0.367 e. The van der Waals surface area contributed by atoms with Gasteiger partial charge in [0, 0.05) is 6.54 Å². The smallest absolute Gasteiger partial charge is 0.171 e. The maximum absolute atomic E-state index is 6.09. The molecule has 17 heavy (non-hydrogen) atoms. The van der Waals surface area contributed by atoms with E-state index in [0.717, 1.165) is 23.8 Å². The molecule has 4 heteroatoms. The summed E-state index contributed by atoms with van der Waals surface area (Å²) < 4.78 is 0. The van der Waals surface area contributed by atoms with E-state index in [9.17, 15) is 0 Å². The van der Waals surface area contributed by atoms with Crippen LogP contribution in [0.5, 0.6) is 0 Å². The summed E-state index contributed by atoms with van der Waals surface area (Å²) in [5.74, 6) is 0.733. The predicted octanol–water partition coefficient (Wildman–Crippen LogP) is 3.74. The van der Waals surface area contributed by atoms with Crippen molar-refractivity contribution in [3.63, 3.8) is 0 Å². The lowest BCUT2D eigenvalue weighted by Gasteiger charge is -2.16. The fraction of sp³-hybridized carbons (Fsp3) is 0.692. The van der Waals surface area contributed by atoms with E-state index in [1.807, 2.05) is 13.8 Å². The van der Waals surface area contributed by atoms with E-state index in [1.165, 1.54) is 25.7 Å². The molecule has 0 atom stereocenters. The van der Waals surface area contributed by atoms with Gasteiger partial charge in [0.25, 0.3) is 0 Å². The van der Waals surface area contributed by atoms with Gasteiger partial charge in [-0.2, -0.15) is 0 Å². The van der Waals surface area contributed by atoms with E-state index in [0.29, 0.717) is 10.6 Å². The second-order valence-corrected chi connectivity index (χ2v) is 5.50. The van der Waals surface area contributed by atoms with E-state index >= 15 is 0 Å². The summed E-state index contributed by atoms with van der Waals surface area (Å²) in [4.78, 5) is 8.74. The van der Waals surface area contributed by atoms with Crippen LogP contribution in [-0.2, 0) is 0 Å². The van der Waals surface area contributed by atoms with Gasteiger partial charge in [0.15, 0.2) is 11.0 Å². The minimum Gasteiger partial charge on any atom is -0.367 e. The first kappa shape index (κ1) is 12.6. The Morgan fingerprint density at radius 3 is 2.47 bits per heavy atom. The Kier molecular flexibility index (Phi) is 3.57. The van der Waals surface area contributed by atoms with Crippen molar-refractivity contribution in [2.24, 2.45) is 5.41 Å². The molecule has 0 radical (unpaired) electrons. The Balaban J connectivity index is 2.02. The Hall–Kier alpha value is -0.830. The quantitative estimate of drug-likeness (QED) is 0.869. The van der Waals surface area contributed by atoms with Crippen LogP contribution >= 0.6 is 11.6 Å². The Labute approximate surface area is 108 Å². The lowest BCUT2D eigenvalue weighted by molar-refractivity contribution is 0.485. The fourth-order valence-corrected chi connectivity index (χ4v) is 2.42. The molecule has 0 unspecified atom stereocenters. The maximum Gasteiger partial charge on any atom is 0.171 e. The standard InChI is InChI=1S/C13H20ClN3/c1-4-5-13(6-7-13)8-15-12-11(14)16-9(2)10(3)17-12/h4-8H2,1-3H3,(H,15,17). The SMILES string of the molecule is CCCC1(CNc2nc(C)c(C)nc2Cl)CC1. The lowest BCUT2D eigenvalue weighted by atomic mass is 10.0. The highest BCUT2D eigenvalue weighted by molar-refractivity contribution is 6.31. The summed E-state index contributed by atoms with van der Waals surface area (Å²) in [5, 5.41) is 3.85. The molecule has 1 aliphatic carbocycles. The molecule has 0 aliphatic heterocycles. The minimum atomic E-state index is 0.486. The van der Waals surface area contributed by atoms with Crippen molar-refractivity contribution in [2.75, 3.05) is 11.9 Å². The normalized spacial score (nSPS) is 16.9. The van der Waals surface area contributed by atoms with Gasteiger partial charge in [-0.25, -0.2) is 9.97 Å². The minimum absolute atomic E-state index is 0.486. The molecular weight excluding hydrogens is 234 g/mol. The molecule has 3 nitrogen and oxygen atoms in total. The van der Waals surface area contributed by atoms with Crippen molar-refractivity contribution in [1.82, 2.24) is 9.97 Å². The van der Waals surface area contributed by atoms with E-state index < -0.39 is 0 Å². The van der Waals surface area contributed by atoms with Crippen LogP contribution < -0.4 is 5.32 Å². The fourth-order valence-electron chi connectivity index (χ4n) is 2.18. The summed E-state index contributed by atoms with van der Waals surface area (Å²) >= 11 is 6.09. The lowest BCUT2D eigenvalue weighted by Crippen LogP contribution is -2.17. The van der Waals surface area contributed by atoms with Gasteiger partial charge in [0.05, 0.1) is 11.4 Å². The maximum atomic E-state index is 6.09. The van der Waals surface area contributed by atoms with Crippen LogP contribution in [0.3, 0.4) is 0 Å². The van der Waals surface area contributed by atoms with E-state index in [4.69, 9.17) is 11.6 Å². The summed E-state index contributed by atoms with van der Waals surface area (Å²) in [6.45, 7) is 7.10. The molecule has 1 aromatic heterocycles. The molecule has 2 rings (SSSR count). The molecule has 0 amide bonds. The Bertz CT molecular complexity index is 413. The van der Waals surface area contributed by atoms with Gasteiger partial charge in [-0.3, -0.25) is 0 Å². The molecule has 1 N–H and O–H groups in total. The molecule has 0 spiro atoms. The number of hydrogen-bond acceptors (Lipinski definition) is 3. The van der Waals surface area contributed by atoms with Gasteiger partial charge in [-0.1, -0.05) is 24.9 Å². The Morgan fingerprint density at radius 2 is 1.88 bits per heavy atom. The first-order valence-electron chi connectivity index (χ1n) is 6.31. The summed E-state index contributed by atoms with van der Waals surface area (Å²) in [7, 11) is 0. The van der Waals surface area contributed by atoms with Crippen LogP contribution in [0.1, 0.15) is 44.0 Å². The van der Waals surface area contributed by atoms with Crippen molar-refractivity contribution >= 4 is 17.4 Å². The average Bonchev–Trinajstić information content (AvgIpc) is 3.03. The van der Waals surface area contributed by atoms with Crippen LogP contribution in [0, 0.1) is 19.3 Å². The molecule has 0 saturated heterocycles. The van der Waals surface area contributed by atoms with Gasteiger partial charge < -0.3 is 5.32 Å². The third-order valence-corrected chi connectivity index (χ3v) is 3.90. The van der Waals surface area contributed by atoms with Gasteiger partial charge >= 0.3 is 0 Å². The van der Waals surface area contributed by atoms with Gasteiger partial charge in [0.1, 0.15) is 0 Å². The van der Waals surface area contributed by atoms with Crippen molar-refractivity contribution in [3.05, 3.63) is 16.5 Å². The molecule has 0 aromatic carbocycles. The van der Waals surface area contributed by atoms with Crippen molar-refractivity contribution in [1.29, 1.82) is 0 Å². The van der Waals surface area contributed by atoms with Crippen molar-refractivity contribution in [2.45, 2.75) is 46.5 Å². The van der Waals surface area contributed by atoms with Crippen LogP contribution in [0.4, 0.5) is 5.82 Å². The first-order valence-corrected chi connectivity index (χ1v) is 6.69. The molecular formula is C13H20ClN3. The number of anilines is 1. The summed E-state index contributed by atoms with van der Waals surface area (Å²) in [6, 6.07) is 0. The molecule has 0 bridgehead atoms. The number of aryl methyl sites for hydroxylation is 2. The zero-order valence-corrected chi connectivity index (χ0v) is 11.6. The number of aromatic nitrogens is 2. The molecule has 1 fully saturated rings. The van der Waals surface area contributed by atoms with Gasteiger partial charge in [-0.05, 0) is 38.5 Å². The third kappa shape index (κ3) is 2.89. The molecule has 1 aliphatic rings. The highest BCUT2D eigenvalue weighted by Crippen LogP contribution is 2.49. The number of rotatable bonds is 5. The van der Waals surface area contributed by atoms with Crippen LogP contribution in [0.2, 0.25) is 5.15 Å². The summed E-state index contributed by atoms with van der Waals surface area (Å²) in [5.41, 5.74) is 2.34. The zero-order chi connectivity index (χ0) is 12.5. The predicted molar refractivity (Wildman–Crippen MR) is 71.6 cm³/mol. The molecule has 1 heterocycles. The zero-order valence-electron chi connectivity index (χ0n) is 10.8. The van der Waals surface area contributed by atoms with Crippen LogP contribution in [-0.4, -0.2) is 16.5 Å². The number of nitrogens with one attached hydrogen (secondary N) is 1. The molecule has 1 aromatic rings. The first-order chi connectivity index (χ1) is 8.06. The van der Waals surface area contributed by atoms with Crippen LogP contribution in [0.25, 0.3) is 0 Å². The monoisotopic (exact) mass is 253 g/mol. The number of hydrogen-bond donors (Lipinski definition) is 1. The summed E-state index contributed by atoms with van der Waals surface area (Å²) in [6.07, 6.45) is 5.18. The van der Waals surface area contributed by atoms with Gasteiger partial charge in [0.2, 0.25) is 0 Å². The average molecular weight is 254 g/mol. The highest BCUT2D eigenvalue weighted by atomic mass is 35.5. The number of halogens is 1. The second kappa shape index (κ2) is 4.81. The third-order valence-electron chi connectivity index (χ3n) is 3.63. The van der Waals surface area contributed by atoms with E-state index in [2.05, 4.69) is 22.2 Å². The number of nitrogens with zero attached hydrogens (tertiary/aromatic N) is 2. The van der Waals surface area contributed by atoms with Crippen LogP contribution in [0.15, 0.2) is 0 Å². The molecule has 94 valence electrons. The Morgan fingerprint density at radius 1 is 1.24 bits per heavy atom.